The molecular weight excluding hydrogens is 469 g/mol. The molecule has 194 valence electrons. The molecule has 2 bridgehead atoms. The highest BCUT2D eigenvalue weighted by atomic mass is 32.2. The Bertz CT molecular complexity index is 763. The summed E-state index contributed by atoms with van der Waals surface area (Å²) < 4.78 is 22.4. The van der Waals surface area contributed by atoms with Gasteiger partial charge in [-0.25, -0.2) is 4.39 Å². The first kappa shape index (κ1) is 26.6. The van der Waals surface area contributed by atoms with Gasteiger partial charge in [0.1, 0.15) is 11.3 Å². The van der Waals surface area contributed by atoms with Crippen LogP contribution in [0.15, 0.2) is 11.9 Å². The zero-order valence-electron chi connectivity index (χ0n) is 21.5. The van der Waals surface area contributed by atoms with Crippen LogP contribution < -0.4 is 16.0 Å². The summed E-state index contributed by atoms with van der Waals surface area (Å²) in [7, 11) is -1.87. The topological polar surface area (TPSA) is 68.9 Å². The zero-order chi connectivity index (χ0) is 24.5. The molecule has 0 aromatic carbocycles. The maximum Gasteiger partial charge on any atom is 0.244 e. The lowest BCUT2D eigenvalue weighted by Gasteiger charge is -2.50. The van der Waals surface area contributed by atoms with Gasteiger partial charge in [-0.3, -0.25) is 25.8 Å². The van der Waals surface area contributed by atoms with Crippen LogP contribution in [0.4, 0.5) is 4.39 Å². The van der Waals surface area contributed by atoms with Crippen molar-refractivity contribution < 1.29 is 13.6 Å². The van der Waals surface area contributed by atoms with Crippen LogP contribution in [0.1, 0.15) is 59.8 Å². The Morgan fingerprint density at radius 3 is 2.65 bits per heavy atom. The molecule has 7 nitrogen and oxygen atoms in total. The van der Waals surface area contributed by atoms with Crippen molar-refractivity contribution >= 4 is 26.0 Å². The predicted octanol–water partition coefficient (Wildman–Crippen LogP) is 3.72. The Balaban J connectivity index is 1.68. The highest BCUT2D eigenvalue weighted by molar-refractivity contribution is 7.99. The van der Waals surface area contributed by atoms with Crippen LogP contribution >= 0.6 is 11.8 Å². The lowest BCUT2D eigenvalue weighted by Crippen LogP contribution is -2.68. The van der Waals surface area contributed by atoms with Crippen molar-refractivity contribution in [2.75, 3.05) is 19.3 Å². The summed E-state index contributed by atoms with van der Waals surface area (Å²) in [6.07, 6.45) is 8.02. The summed E-state index contributed by atoms with van der Waals surface area (Å²) >= 11 is 1.69. The second-order valence-corrected chi connectivity index (χ2v) is 16.2. The number of carbonyl (C=O) groups excluding carboxylic acids is 1. The number of hydrogen-bond donors (Lipinski definition) is 3. The molecule has 0 aromatic heterocycles. The number of amides is 1. The van der Waals surface area contributed by atoms with Gasteiger partial charge in [0.25, 0.3) is 0 Å². The Morgan fingerprint density at radius 2 is 1.97 bits per heavy atom. The van der Waals surface area contributed by atoms with E-state index in [4.69, 9.17) is 4.43 Å². The summed E-state index contributed by atoms with van der Waals surface area (Å²) in [6, 6.07) is 3.47. The molecule has 4 rings (SSSR count). The van der Waals surface area contributed by atoms with Gasteiger partial charge in [-0.1, -0.05) is 26.8 Å². The zero-order valence-corrected chi connectivity index (χ0v) is 23.3. The Morgan fingerprint density at radius 1 is 1.24 bits per heavy atom. The lowest BCUT2D eigenvalue weighted by molar-refractivity contribution is -0.147. The minimum Gasteiger partial charge on any atom is -0.410 e. The first-order valence-electron chi connectivity index (χ1n) is 13.2. The van der Waals surface area contributed by atoms with Gasteiger partial charge in [-0.05, 0) is 63.4 Å². The van der Waals surface area contributed by atoms with Gasteiger partial charge in [0.2, 0.25) is 5.91 Å². The smallest absolute Gasteiger partial charge is 0.244 e. The molecule has 34 heavy (non-hydrogen) atoms. The predicted molar refractivity (Wildman–Crippen MR) is 139 cm³/mol. The maximum atomic E-state index is 15.2. The molecule has 0 aliphatic carbocycles. The summed E-state index contributed by atoms with van der Waals surface area (Å²) in [4.78, 5) is 13.4. The fourth-order valence-electron chi connectivity index (χ4n) is 6.37. The van der Waals surface area contributed by atoms with Crippen LogP contribution in [0.3, 0.4) is 0 Å². The van der Waals surface area contributed by atoms with Crippen LogP contribution in [-0.4, -0.2) is 73.1 Å². The first-order chi connectivity index (χ1) is 16.3. The summed E-state index contributed by atoms with van der Waals surface area (Å²) in [5.41, 5.74) is -0.281. The number of thioether (sulfide) groups is 1. The minimum atomic E-state index is -1.87. The molecule has 3 saturated heterocycles. The summed E-state index contributed by atoms with van der Waals surface area (Å²) in [6.45, 7) is 9.67. The molecule has 4 aliphatic rings. The Hall–Kier alpha value is -0.493. The third-order valence-corrected chi connectivity index (χ3v) is 14.2. The van der Waals surface area contributed by atoms with Gasteiger partial charge >= 0.3 is 0 Å². The fourth-order valence-corrected chi connectivity index (χ4v) is 10.1. The Labute approximate surface area is 210 Å². The number of nitrogens with one attached hydrogen (secondary N) is 3. The maximum absolute atomic E-state index is 15.2. The van der Waals surface area contributed by atoms with E-state index in [9.17, 15) is 4.79 Å². The molecule has 3 N–H and O–H groups in total. The second kappa shape index (κ2) is 10.9. The number of hydrazine groups is 1. The fraction of sp³-hybridized carbons (Fsp3) is 0.875. The number of nitrogens with zero attached hydrogens (tertiary/aromatic N) is 2. The van der Waals surface area contributed by atoms with Gasteiger partial charge in [0.05, 0.1) is 30.4 Å². The van der Waals surface area contributed by atoms with E-state index in [-0.39, 0.29) is 53.7 Å². The van der Waals surface area contributed by atoms with E-state index in [1.54, 1.807) is 22.8 Å². The normalized spacial score (nSPS) is 39.1. The quantitative estimate of drug-likeness (QED) is 0.468. The van der Waals surface area contributed by atoms with Gasteiger partial charge in [-0.2, -0.15) is 5.01 Å². The number of rotatable bonds is 6. The molecule has 4 aliphatic heterocycles. The number of halogens is 1. The molecule has 0 spiro atoms. The molecule has 6 atom stereocenters. The van der Waals surface area contributed by atoms with Gasteiger partial charge in [0.15, 0.2) is 8.32 Å². The molecule has 0 aromatic rings. The van der Waals surface area contributed by atoms with Crippen molar-refractivity contribution in [3.05, 3.63) is 11.9 Å². The highest BCUT2D eigenvalue weighted by Gasteiger charge is 2.53. The third kappa shape index (κ3) is 5.01. The molecule has 1 amide bonds. The summed E-state index contributed by atoms with van der Waals surface area (Å²) in [5.74, 6) is -0.441. The SMILES string of the molecule is CC[Si](CC)(CC)O[C@]1(C)CC/C=C(/F)CN2C(=O)C3CNC(SC)NC3N2C2CCCC1N2. The number of hydrogen-bond acceptors (Lipinski definition) is 7. The number of carbonyl (C=O) groups is 1. The molecule has 5 unspecified atom stereocenters. The monoisotopic (exact) mass is 513 g/mol. The van der Waals surface area contributed by atoms with Crippen molar-refractivity contribution in [2.45, 2.75) is 107 Å². The minimum absolute atomic E-state index is 0.00431. The Kier molecular flexibility index (Phi) is 8.49. The second-order valence-electron chi connectivity index (χ2n) is 10.5. The van der Waals surface area contributed by atoms with Crippen LogP contribution in [0.2, 0.25) is 18.1 Å². The number of allylic oxidation sites excluding steroid dienone is 1. The van der Waals surface area contributed by atoms with E-state index in [1.165, 1.54) is 0 Å². The molecular formula is C24H44FN5O2SSi. The van der Waals surface area contributed by atoms with Crippen molar-refractivity contribution in [3.8, 4) is 0 Å². The molecule has 4 heterocycles. The number of fused-ring (bicyclic) bond motifs is 6. The van der Waals surface area contributed by atoms with E-state index in [0.29, 0.717) is 13.0 Å². The number of piperidine rings is 1. The first-order valence-corrected chi connectivity index (χ1v) is 17.0. The van der Waals surface area contributed by atoms with Crippen LogP contribution in [0.25, 0.3) is 0 Å². The van der Waals surface area contributed by atoms with E-state index >= 15 is 4.39 Å². The highest BCUT2D eigenvalue weighted by Crippen LogP contribution is 2.39. The lowest BCUT2D eigenvalue weighted by atomic mass is 9.85. The van der Waals surface area contributed by atoms with E-state index in [0.717, 1.165) is 43.8 Å². The van der Waals surface area contributed by atoms with Crippen molar-refractivity contribution in [2.24, 2.45) is 5.92 Å². The average molecular weight is 514 g/mol. The molecule has 0 radical (unpaired) electrons. The van der Waals surface area contributed by atoms with E-state index < -0.39 is 8.32 Å². The van der Waals surface area contributed by atoms with Crippen LogP contribution in [-0.2, 0) is 9.22 Å². The van der Waals surface area contributed by atoms with Gasteiger partial charge in [0, 0.05) is 12.6 Å². The summed E-state index contributed by atoms with van der Waals surface area (Å²) in [5, 5.41) is 14.7. The molecule has 3 fully saturated rings. The largest absolute Gasteiger partial charge is 0.410 e. The van der Waals surface area contributed by atoms with Crippen molar-refractivity contribution in [1.29, 1.82) is 0 Å². The van der Waals surface area contributed by atoms with Crippen LogP contribution in [0, 0.1) is 5.92 Å². The molecule has 0 saturated carbocycles. The van der Waals surface area contributed by atoms with Crippen molar-refractivity contribution in [3.63, 3.8) is 0 Å². The van der Waals surface area contributed by atoms with Gasteiger partial charge < -0.3 is 4.43 Å². The van der Waals surface area contributed by atoms with E-state index in [1.807, 2.05) is 0 Å². The van der Waals surface area contributed by atoms with Crippen LogP contribution in [0.5, 0.6) is 0 Å². The van der Waals surface area contributed by atoms with Crippen molar-refractivity contribution in [1.82, 2.24) is 26.0 Å². The van der Waals surface area contributed by atoms with E-state index in [2.05, 4.69) is 54.9 Å². The van der Waals surface area contributed by atoms with Gasteiger partial charge in [-0.15, -0.1) is 11.8 Å². The molecule has 10 heteroatoms. The third-order valence-electron chi connectivity index (χ3n) is 8.71. The standard InChI is InChI=1S/C24H44FN5O2SSi/c1-6-34(7-2,8-3)32-24(4)14-10-11-17(25)16-29-22(31)18-15-26-23(33-5)28-21(18)30(29)20-13-9-12-19(24)27-20/h11,18-21,23,26-28H,6-10,12-16H2,1-5H3/b17-11+/t18?,19?,20?,21?,23?,24-/m1/s1. The average Bonchev–Trinajstić information content (AvgIpc) is 3.12.